The number of carbonyl (C=O) groups excluding carboxylic acids is 1. The van der Waals surface area contributed by atoms with E-state index in [1.165, 1.54) is 0 Å². The molecule has 3 rings (SSSR count). The monoisotopic (exact) mass is 414 g/mol. The van der Waals surface area contributed by atoms with Gasteiger partial charge in [-0.05, 0) is 38.1 Å². The van der Waals surface area contributed by atoms with Crippen LogP contribution < -0.4 is 4.74 Å². The van der Waals surface area contributed by atoms with Crippen molar-refractivity contribution in [1.29, 1.82) is 0 Å². The van der Waals surface area contributed by atoms with Crippen LogP contribution in [0.3, 0.4) is 0 Å². The average Bonchev–Trinajstić information content (AvgIpc) is 2.74. The second-order valence-electron chi connectivity index (χ2n) is 7.72. The van der Waals surface area contributed by atoms with Gasteiger partial charge in [-0.15, -0.1) is 0 Å². The Balaban J connectivity index is 1.74. The number of ether oxygens (including phenoxy) is 4. The summed E-state index contributed by atoms with van der Waals surface area (Å²) in [5.74, 6) is 0.103. The van der Waals surface area contributed by atoms with Crippen molar-refractivity contribution in [3.8, 4) is 5.75 Å². The van der Waals surface area contributed by atoms with Gasteiger partial charge in [-0.1, -0.05) is 43.8 Å². The first kappa shape index (κ1) is 22.3. The second kappa shape index (κ2) is 10.1. The van der Waals surface area contributed by atoms with Crippen LogP contribution in [0.5, 0.6) is 5.75 Å². The molecule has 1 heterocycles. The first-order chi connectivity index (χ1) is 14.4. The number of aliphatic hydroxyl groups excluding tert-OH is 1. The highest BCUT2D eigenvalue weighted by molar-refractivity contribution is 5.91. The summed E-state index contributed by atoms with van der Waals surface area (Å²) in [5.41, 5.74) is 1.25. The molecule has 1 aliphatic rings. The molecule has 0 aromatic heterocycles. The highest BCUT2D eigenvalue weighted by atomic mass is 16.7. The Morgan fingerprint density at radius 3 is 2.67 bits per heavy atom. The molecule has 0 radical (unpaired) electrons. The molecule has 2 aromatic rings. The van der Waals surface area contributed by atoms with Crippen LogP contribution >= 0.6 is 0 Å². The molecule has 0 spiro atoms. The van der Waals surface area contributed by atoms with Gasteiger partial charge in [-0.3, -0.25) is 0 Å². The summed E-state index contributed by atoms with van der Waals surface area (Å²) in [6, 6.07) is 11.7. The Morgan fingerprint density at radius 1 is 1.20 bits per heavy atom. The van der Waals surface area contributed by atoms with E-state index in [2.05, 4.69) is 20.4 Å². The molecule has 0 saturated carbocycles. The molecule has 6 nitrogen and oxygen atoms in total. The van der Waals surface area contributed by atoms with Gasteiger partial charge in [0.15, 0.2) is 6.29 Å². The van der Waals surface area contributed by atoms with Gasteiger partial charge in [0.25, 0.3) is 0 Å². The van der Waals surface area contributed by atoms with Crippen molar-refractivity contribution in [2.75, 3.05) is 13.2 Å². The zero-order valence-corrected chi connectivity index (χ0v) is 17.8. The van der Waals surface area contributed by atoms with Gasteiger partial charge < -0.3 is 24.1 Å². The number of carbonyl (C=O) groups is 1. The minimum atomic E-state index is -0.942. The number of rotatable bonds is 8. The number of hydrogen-bond acceptors (Lipinski definition) is 6. The molecule has 1 saturated heterocycles. The Labute approximate surface area is 177 Å². The minimum Gasteiger partial charge on any atom is -0.490 e. The second-order valence-corrected chi connectivity index (χ2v) is 7.72. The van der Waals surface area contributed by atoms with Crippen LogP contribution in [0, 0.1) is 0 Å². The molecule has 4 atom stereocenters. The molecule has 0 aliphatic carbocycles. The third-order valence-corrected chi connectivity index (χ3v) is 5.08. The van der Waals surface area contributed by atoms with Crippen LogP contribution in [0.25, 0.3) is 10.8 Å². The van der Waals surface area contributed by atoms with E-state index in [4.69, 9.17) is 18.9 Å². The topological polar surface area (TPSA) is 74.2 Å². The number of esters is 1. The molecule has 0 bridgehead atoms. The van der Waals surface area contributed by atoms with E-state index in [-0.39, 0.29) is 31.0 Å². The third kappa shape index (κ3) is 5.39. The van der Waals surface area contributed by atoms with Crippen LogP contribution in [0.2, 0.25) is 0 Å². The van der Waals surface area contributed by atoms with Crippen molar-refractivity contribution in [1.82, 2.24) is 0 Å². The van der Waals surface area contributed by atoms with Gasteiger partial charge in [0.2, 0.25) is 0 Å². The Kier molecular flexibility index (Phi) is 7.48. The fourth-order valence-electron chi connectivity index (χ4n) is 3.47. The predicted molar refractivity (Wildman–Crippen MR) is 114 cm³/mol. The summed E-state index contributed by atoms with van der Waals surface area (Å²) in [4.78, 5) is 11.5. The van der Waals surface area contributed by atoms with E-state index in [1.54, 1.807) is 6.92 Å². The summed E-state index contributed by atoms with van der Waals surface area (Å²) < 4.78 is 23.0. The Hall–Kier alpha value is -2.41. The lowest BCUT2D eigenvalue weighted by Crippen LogP contribution is -2.31. The number of benzene rings is 2. The van der Waals surface area contributed by atoms with E-state index in [0.717, 1.165) is 29.2 Å². The van der Waals surface area contributed by atoms with Crippen molar-refractivity contribution < 1.29 is 28.8 Å². The molecule has 1 N–H and O–H groups in total. The third-order valence-electron chi connectivity index (χ3n) is 5.08. The van der Waals surface area contributed by atoms with Crippen LogP contribution in [-0.4, -0.2) is 42.6 Å². The summed E-state index contributed by atoms with van der Waals surface area (Å²) in [7, 11) is 0. The van der Waals surface area contributed by atoms with Crippen LogP contribution in [-0.2, 0) is 19.0 Å². The number of fused-ring (bicyclic) bond motifs is 1. The fourth-order valence-corrected chi connectivity index (χ4v) is 3.47. The molecule has 30 heavy (non-hydrogen) atoms. The van der Waals surface area contributed by atoms with Gasteiger partial charge in [0, 0.05) is 16.5 Å². The largest absolute Gasteiger partial charge is 0.490 e. The van der Waals surface area contributed by atoms with Crippen molar-refractivity contribution in [3.63, 3.8) is 0 Å². The number of aliphatic hydroxyl groups is 1. The maximum absolute atomic E-state index is 11.5. The van der Waals surface area contributed by atoms with Crippen molar-refractivity contribution >= 4 is 16.7 Å². The van der Waals surface area contributed by atoms with Gasteiger partial charge >= 0.3 is 5.97 Å². The first-order valence-electron chi connectivity index (χ1n) is 10.3. The standard InChI is InChI=1S/C24H30O6/c1-5-18-12-16(4)29-24(30-18)21-10-6-9-20-19(21)8-7-11-22(20)27-13-17(25)14-28-23(26)15(2)3/h6-11,16-18,24-25H,2,5,12-14H2,1,3-4H3. The van der Waals surface area contributed by atoms with Gasteiger partial charge in [-0.25, -0.2) is 4.79 Å². The summed E-state index contributed by atoms with van der Waals surface area (Å²) in [6.07, 6.45) is 0.760. The quantitative estimate of drug-likeness (QED) is 0.513. The molecule has 1 fully saturated rings. The van der Waals surface area contributed by atoms with E-state index in [1.807, 2.05) is 36.4 Å². The number of hydrogen-bond donors (Lipinski definition) is 1. The summed E-state index contributed by atoms with van der Waals surface area (Å²) in [6.45, 7) is 9.11. The fraction of sp³-hybridized carbons (Fsp3) is 0.458. The lowest BCUT2D eigenvalue weighted by Gasteiger charge is -2.34. The van der Waals surface area contributed by atoms with Crippen molar-refractivity contribution in [2.24, 2.45) is 0 Å². The lowest BCUT2D eigenvalue weighted by atomic mass is 10.0. The van der Waals surface area contributed by atoms with Crippen molar-refractivity contribution in [3.05, 3.63) is 54.1 Å². The van der Waals surface area contributed by atoms with Gasteiger partial charge in [0.05, 0.1) is 12.2 Å². The predicted octanol–water partition coefficient (Wildman–Crippen LogP) is 4.30. The van der Waals surface area contributed by atoms with Gasteiger partial charge in [-0.2, -0.15) is 0 Å². The SMILES string of the molecule is C=C(C)C(=O)OCC(O)COc1cccc2c(C3OC(C)CC(CC)O3)cccc12. The molecule has 2 aromatic carbocycles. The van der Waals surface area contributed by atoms with E-state index in [9.17, 15) is 9.90 Å². The zero-order chi connectivity index (χ0) is 21.7. The van der Waals surface area contributed by atoms with E-state index >= 15 is 0 Å². The molecular weight excluding hydrogens is 384 g/mol. The van der Waals surface area contributed by atoms with E-state index < -0.39 is 18.4 Å². The maximum atomic E-state index is 11.5. The minimum absolute atomic E-state index is 0.00180. The van der Waals surface area contributed by atoms with Crippen LogP contribution in [0.4, 0.5) is 0 Å². The molecule has 1 aliphatic heterocycles. The van der Waals surface area contributed by atoms with Crippen molar-refractivity contribution in [2.45, 2.75) is 58.2 Å². The highest BCUT2D eigenvalue weighted by Crippen LogP contribution is 2.37. The summed E-state index contributed by atoms with van der Waals surface area (Å²) >= 11 is 0. The molecular formula is C24H30O6. The maximum Gasteiger partial charge on any atom is 0.333 e. The van der Waals surface area contributed by atoms with Gasteiger partial charge in [0.1, 0.15) is 25.1 Å². The van der Waals surface area contributed by atoms with E-state index in [0.29, 0.717) is 5.75 Å². The zero-order valence-electron chi connectivity index (χ0n) is 17.8. The molecule has 0 amide bonds. The highest BCUT2D eigenvalue weighted by Gasteiger charge is 2.29. The molecule has 4 unspecified atom stereocenters. The Morgan fingerprint density at radius 2 is 1.93 bits per heavy atom. The van der Waals surface area contributed by atoms with Crippen LogP contribution in [0.1, 0.15) is 45.5 Å². The Bertz CT molecular complexity index is 892. The normalized spacial score (nSPS) is 22.5. The average molecular weight is 414 g/mol. The molecule has 6 heteroatoms. The smallest absolute Gasteiger partial charge is 0.333 e. The lowest BCUT2D eigenvalue weighted by molar-refractivity contribution is -0.243. The first-order valence-corrected chi connectivity index (χ1v) is 10.3. The summed E-state index contributed by atoms with van der Waals surface area (Å²) in [5, 5.41) is 12.0. The van der Waals surface area contributed by atoms with Crippen LogP contribution in [0.15, 0.2) is 48.6 Å². The molecule has 162 valence electrons.